The first-order valence-corrected chi connectivity index (χ1v) is 11.2. The van der Waals surface area contributed by atoms with Crippen LogP contribution in [0.1, 0.15) is 31.2 Å². The number of guanidine groups is 1. The number of piperazine rings is 1. The van der Waals surface area contributed by atoms with Crippen molar-refractivity contribution in [3.05, 3.63) is 48.0 Å². The molecule has 2 N–H and O–H groups in total. The first-order chi connectivity index (χ1) is 14.7. The fourth-order valence-corrected chi connectivity index (χ4v) is 4.10. The molecule has 1 saturated heterocycles. The van der Waals surface area contributed by atoms with Crippen molar-refractivity contribution in [2.45, 2.75) is 38.3 Å². The maximum atomic E-state index is 11.8. The number of amides is 1. The predicted molar refractivity (Wildman–Crippen MR) is 138 cm³/mol. The van der Waals surface area contributed by atoms with E-state index in [-0.39, 0.29) is 29.9 Å². The Morgan fingerprint density at radius 3 is 2.55 bits per heavy atom. The zero-order chi connectivity index (χ0) is 20.8. The van der Waals surface area contributed by atoms with E-state index in [0.29, 0.717) is 12.5 Å². The zero-order valence-electron chi connectivity index (χ0n) is 18.3. The highest BCUT2D eigenvalue weighted by molar-refractivity contribution is 14.0. The lowest BCUT2D eigenvalue weighted by atomic mass is 10.0. The van der Waals surface area contributed by atoms with Crippen LogP contribution in [0.5, 0.6) is 0 Å². The predicted octanol–water partition coefficient (Wildman–Crippen LogP) is 3.21. The summed E-state index contributed by atoms with van der Waals surface area (Å²) in [6, 6.07) is 15.7. The van der Waals surface area contributed by atoms with Gasteiger partial charge in [0.05, 0.1) is 0 Å². The highest BCUT2D eigenvalue weighted by Crippen LogP contribution is 2.21. The van der Waals surface area contributed by atoms with Crippen LogP contribution in [0.15, 0.2) is 47.5 Å². The Labute approximate surface area is 202 Å². The zero-order valence-corrected chi connectivity index (χ0v) is 20.7. The largest absolute Gasteiger partial charge is 0.356 e. The van der Waals surface area contributed by atoms with Crippen molar-refractivity contribution < 1.29 is 4.79 Å². The summed E-state index contributed by atoms with van der Waals surface area (Å²) < 4.78 is 0. The highest BCUT2D eigenvalue weighted by Gasteiger charge is 2.23. The van der Waals surface area contributed by atoms with Crippen molar-refractivity contribution in [1.29, 1.82) is 0 Å². The second-order valence-corrected chi connectivity index (χ2v) is 8.32. The van der Waals surface area contributed by atoms with Gasteiger partial charge in [-0.2, -0.15) is 0 Å². The van der Waals surface area contributed by atoms with Crippen LogP contribution >= 0.6 is 24.0 Å². The van der Waals surface area contributed by atoms with Crippen LogP contribution in [-0.2, 0) is 11.3 Å². The lowest BCUT2D eigenvalue weighted by Gasteiger charge is -2.36. The van der Waals surface area contributed by atoms with Gasteiger partial charge in [0.2, 0.25) is 5.91 Å². The number of hydrogen-bond acceptors (Lipinski definition) is 3. The SMILES string of the molecule is CN=C(NCCCC(=O)NC1CC1)N1CCN(Cc2cccc3ccccc23)CC1.I. The third-order valence-corrected chi connectivity index (χ3v) is 5.96. The molecular formula is C24H34IN5O. The van der Waals surface area contributed by atoms with Gasteiger partial charge >= 0.3 is 0 Å². The lowest BCUT2D eigenvalue weighted by Crippen LogP contribution is -2.52. The summed E-state index contributed by atoms with van der Waals surface area (Å²) in [5.41, 5.74) is 1.40. The fourth-order valence-electron chi connectivity index (χ4n) is 4.10. The molecule has 0 atom stereocenters. The first kappa shape index (κ1) is 23.8. The van der Waals surface area contributed by atoms with Crippen molar-refractivity contribution in [3.63, 3.8) is 0 Å². The van der Waals surface area contributed by atoms with E-state index < -0.39 is 0 Å². The number of nitrogens with one attached hydrogen (secondary N) is 2. The van der Waals surface area contributed by atoms with Crippen molar-refractivity contribution >= 4 is 46.6 Å². The molecule has 0 aromatic heterocycles. The number of carbonyl (C=O) groups is 1. The summed E-state index contributed by atoms with van der Waals surface area (Å²) in [5, 5.41) is 9.13. The molecule has 6 nitrogen and oxygen atoms in total. The monoisotopic (exact) mass is 535 g/mol. The standard InChI is InChI=1S/C24H33N5O.HI/c1-25-24(26-13-5-10-23(30)27-21-11-12-21)29-16-14-28(15-17-29)18-20-8-4-7-19-6-2-3-9-22(19)20;/h2-4,6-9,21H,5,10-18H2,1H3,(H,25,26)(H,27,30);1H. The Morgan fingerprint density at radius 1 is 1.06 bits per heavy atom. The molecule has 2 aromatic rings. The van der Waals surface area contributed by atoms with Gasteiger partial charge in [0, 0.05) is 58.8 Å². The average Bonchev–Trinajstić information content (AvgIpc) is 3.59. The minimum atomic E-state index is 0. The second-order valence-electron chi connectivity index (χ2n) is 8.32. The third kappa shape index (κ3) is 6.80. The van der Waals surface area contributed by atoms with E-state index in [1.807, 2.05) is 7.05 Å². The molecule has 1 aliphatic heterocycles. The summed E-state index contributed by atoms with van der Waals surface area (Å²) in [6.45, 7) is 5.74. The van der Waals surface area contributed by atoms with Crippen LogP contribution in [0.4, 0.5) is 0 Å². The number of benzene rings is 2. The van der Waals surface area contributed by atoms with Gasteiger partial charge in [0.15, 0.2) is 5.96 Å². The van der Waals surface area contributed by atoms with Crippen LogP contribution in [-0.4, -0.2) is 67.5 Å². The number of aliphatic imine (C=N–C) groups is 1. The molecule has 2 aliphatic rings. The molecule has 2 aromatic carbocycles. The quantitative estimate of drug-likeness (QED) is 0.248. The minimum Gasteiger partial charge on any atom is -0.356 e. The highest BCUT2D eigenvalue weighted by atomic mass is 127. The first-order valence-electron chi connectivity index (χ1n) is 11.2. The normalized spacial score (nSPS) is 17.3. The summed E-state index contributed by atoms with van der Waals surface area (Å²) in [5.74, 6) is 1.12. The van der Waals surface area contributed by atoms with Crippen molar-refractivity contribution in [1.82, 2.24) is 20.4 Å². The molecule has 31 heavy (non-hydrogen) atoms. The molecule has 1 saturated carbocycles. The van der Waals surface area contributed by atoms with Gasteiger partial charge in [-0.05, 0) is 35.6 Å². The number of hydrogen-bond donors (Lipinski definition) is 2. The van der Waals surface area contributed by atoms with E-state index in [0.717, 1.165) is 64.5 Å². The van der Waals surface area contributed by atoms with Gasteiger partial charge in [0.25, 0.3) is 0 Å². The van der Waals surface area contributed by atoms with E-state index in [4.69, 9.17) is 0 Å². The van der Waals surface area contributed by atoms with Crippen LogP contribution in [0.25, 0.3) is 10.8 Å². The van der Waals surface area contributed by atoms with Crippen molar-refractivity contribution in [3.8, 4) is 0 Å². The molecule has 0 bridgehead atoms. The molecular weight excluding hydrogens is 501 g/mol. The topological polar surface area (TPSA) is 60.0 Å². The Balaban J connectivity index is 0.00000272. The third-order valence-electron chi connectivity index (χ3n) is 5.96. The average molecular weight is 535 g/mol. The molecule has 7 heteroatoms. The van der Waals surface area contributed by atoms with Crippen molar-refractivity contribution in [2.24, 2.45) is 4.99 Å². The van der Waals surface area contributed by atoms with Crippen LogP contribution < -0.4 is 10.6 Å². The summed E-state index contributed by atoms with van der Waals surface area (Å²) in [6.07, 6.45) is 3.70. The molecule has 4 rings (SSSR count). The summed E-state index contributed by atoms with van der Waals surface area (Å²) in [7, 11) is 1.84. The number of fused-ring (bicyclic) bond motifs is 1. The van der Waals surface area contributed by atoms with Crippen LogP contribution in [0, 0.1) is 0 Å². The number of halogens is 1. The Kier molecular flexibility index (Phi) is 8.95. The number of nitrogens with zero attached hydrogens (tertiary/aromatic N) is 3. The van der Waals surface area contributed by atoms with Gasteiger partial charge in [-0.3, -0.25) is 14.7 Å². The number of rotatable bonds is 7. The molecule has 0 spiro atoms. The van der Waals surface area contributed by atoms with Gasteiger partial charge in [-0.15, -0.1) is 24.0 Å². The maximum Gasteiger partial charge on any atom is 0.220 e. The van der Waals surface area contributed by atoms with E-state index in [1.54, 1.807) is 0 Å². The second kappa shape index (κ2) is 11.7. The Morgan fingerprint density at radius 2 is 1.81 bits per heavy atom. The van der Waals surface area contributed by atoms with E-state index in [2.05, 4.69) is 67.9 Å². The number of carbonyl (C=O) groups excluding carboxylic acids is 1. The summed E-state index contributed by atoms with van der Waals surface area (Å²) >= 11 is 0. The lowest BCUT2D eigenvalue weighted by molar-refractivity contribution is -0.121. The smallest absolute Gasteiger partial charge is 0.220 e. The van der Waals surface area contributed by atoms with Gasteiger partial charge in [0.1, 0.15) is 0 Å². The van der Waals surface area contributed by atoms with Crippen molar-refractivity contribution in [2.75, 3.05) is 39.8 Å². The van der Waals surface area contributed by atoms with Gasteiger partial charge in [-0.1, -0.05) is 42.5 Å². The maximum absolute atomic E-state index is 11.8. The van der Waals surface area contributed by atoms with E-state index in [9.17, 15) is 4.79 Å². The Bertz CT molecular complexity index is 885. The van der Waals surface area contributed by atoms with Gasteiger partial charge < -0.3 is 15.5 Å². The molecule has 0 radical (unpaired) electrons. The molecule has 2 fully saturated rings. The Hall–Kier alpha value is -1.87. The van der Waals surface area contributed by atoms with E-state index in [1.165, 1.54) is 16.3 Å². The fraction of sp³-hybridized carbons (Fsp3) is 0.500. The van der Waals surface area contributed by atoms with Gasteiger partial charge in [-0.25, -0.2) is 0 Å². The van der Waals surface area contributed by atoms with Crippen LogP contribution in [0.3, 0.4) is 0 Å². The molecule has 168 valence electrons. The molecule has 1 heterocycles. The van der Waals surface area contributed by atoms with E-state index >= 15 is 0 Å². The molecule has 1 aliphatic carbocycles. The molecule has 1 amide bonds. The van der Waals surface area contributed by atoms with Crippen LogP contribution in [0.2, 0.25) is 0 Å². The molecule has 0 unspecified atom stereocenters. The minimum absolute atomic E-state index is 0. The summed E-state index contributed by atoms with van der Waals surface area (Å²) in [4.78, 5) is 21.1.